The van der Waals surface area contributed by atoms with Crippen molar-refractivity contribution in [3.8, 4) is 5.75 Å². The van der Waals surface area contributed by atoms with E-state index in [2.05, 4.69) is 28.9 Å². The predicted octanol–water partition coefficient (Wildman–Crippen LogP) is 3.81. The summed E-state index contributed by atoms with van der Waals surface area (Å²) in [5, 5.41) is 0. The van der Waals surface area contributed by atoms with Gasteiger partial charge in [0, 0.05) is 10.0 Å². The second-order valence-electron chi connectivity index (χ2n) is 4.27. The summed E-state index contributed by atoms with van der Waals surface area (Å²) in [6.45, 7) is 2.05. The van der Waals surface area contributed by atoms with Crippen molar-refractivity contribution in [2.24, 2.45) is 5.73 Å². The van der Waals surface area contributed by atoms with Crippen LogP contribution < -0.4 is 10.5 Å². The molecule has 0 amide bonds. The van der Waals surface area contributed by atoms with Crippen molar-refractivity contribution in [1.82, 2.24) is 0 Å². The zero-order chi connectivity index (χ0) is 13.1. The minimum absolute atomic E-state index is 0.173. The topological polar surface area (TPSA) is 35.2 Å². The SMILES string of the molecule is COc1ccc(C)cc1C(N)c1ccc(Br)cc1. The largest absolute Gasteiger partial charge is 0.496 e. The molecule has 2 N–H and O–H groups in total. The normalized spacial score (nSPS) is 12.2. The van der Waals surface area contributed by atoms with Gasteiger partial charge in [-0.05, 0) is 30.7 Å². The molecule has 0 bridgehead atoms. The van der Waals surface area contributed by atoms with Crippen LogP contribution in [0, 0.1) is 6.92 Å². The minimum atomic E-state index is -0.173. The second kappa shape index (κ2) is 5.55. The zero-order valence-corrected chi connectivity index (χ0v) is 12.1. The fraction of sp³-hybridized carbons (Fsp3) is 0.200. The molecule has 2 rings (SSSR count). The number of hydrogen-bond acceptors (Lipinski definition) is 2. The molecule has 18 heavy (non-hydrogen) atoms. The molecule has 2 aromatic rings. The summed E-state index contributed by atoms with van der Waals surface area (Å²) in [4.78, 5) is 0. The molecule has 0 heterocycles. The average molecular weight is 306 g/mol. The predicted molar refractivity (Wildman–Crippen MR) is 77.9 cm³/mol. The van der Waals surface area contributed by atoms with E-state index in [0.29, 0.717) is 0 Å². The van der Waals surface area contributed by atoms with Crippen molar-refractivity contribution in [3.05, 3.63) is 63.6 Å². The van der Waals surface area contributed by atoms with Gasteiger partial charge in [-0.1, -0.05) is 45.8 Å². The summed E-state index contributed by atoms with van der Waals surface area (Å²) in [5.41, 5.74) is 9.58. The van der Waals surface area contributed by atoms with Crippen molar-refractivity contribution < 1.29 is 4.74 Å². The molecule has 2 nitrogen and oxygen atoms in total. The van der Waals surface area contributed by atoms with Gasteiger partial charge in [0.05, 0.1) is 13.2 Å². The third kappa shape index (κ3) is 2.74. The van der Waals surface area contributed by atoms with Gasteiger partial charge >= 0.3 is 0 Å². The Hall–Kier alpha value is -1.32. The molecular weight excluding hydrogens is 290 g/mol. The standard InChI is InChI=1S/C15H16BrNO/c1-10-3-8-14(18-2)13(9-10)15(17)11-4-6-12(16)7-5-11/h3-9,15H,17H2,1-2H3. The number of ether oxygens (including phenoxy) is 1. The van der Waals surface area contributed by atoms with E-state index in [4.69, 9.17) is 10.5 Å². The Bertz CT molecular complexity index is 537. The summed E-state index contributed by atoms with van der Waals surface area (Å²) in [6.07, 6.45) is 0. The Morgan fingerprint density at radius 1 is 1.11 bits per heavy atom. The van der Waals surface area contributed by atoms with E-state index in [1.165, 1.54) is 5.56 Å². The van der Waals surface area contributed by atoms with E-state index in [0.717, 1.165) is 21.3 Å². The van der Waals surface area contributed by atoms with Crippen molar-refractivity contribution in [3.63, 3.8) is 0 Å². The number of hydrogen-bond donors (Lipinski definition) is 1. The summed E-state index contributed by atoms with van der Waals surface area (Å²) >= 11 is 3.43. The first-order valence-corrected chi connectivity index (χ1v) is 6.56. The first-order valence-electron chi connectivity index (χ1n) is 5.77. The molecule has 0 aliphatic rings. The second-order valence-corrected chi connectivity index (χ2v) is 5.19. The van der Waals surface area contributed by atoms with Gasteiger partial charge in [0.2, 0.25) is 0 Å². The van der Waals surface area contributed by atoms with Crippen LogP contribution >= 0.6 is 15.9 Å². The highest BCUT2D eigenvalue weighted by molar-refractivity contribution is 9.10. The number of methoxy groups -OCH3 is 1. The van der Waals surface area contributed by atoms with Crippen molar-refractivity contribution in [2.75, 3.05) is 7.11 Å². The molecule has 0 radical (unpaired) electrons. The van der Waals surface area contributed by atoms with Gasteiger partial charge in [0.15, 0.2) is 0 Å². The van der Waals surface area contributed by atoms with E-state index >= 15 is 0 Å². The highest BCUT2D eigenvalue weighted by Crippen LogP contribution is 2.29. The Morgan fingerprint density at radius 2 is 1.78 bits per heavy atom. The first-order chi connectivity index (χ1) is 8.61. The number of nitrogens with two attached hydrogens (primary N) is 1. The van der Waals surface area contributed by atoms with E-state index in [9.17, 15) is 0 Å². The Balaban J connectivity index is 2.41. The van der Waals surface area contributed by atoms with E-state index in [1.807, 2.05) is 36.4 Å². The Labute approximate surface area is 116 Å². The van der Waals surface area contributed by atoms with Gasteiger partial charge < -0.3 is 10.5 Å². The Morgan fingerprint density at radius 3 is 2.39 bits per heavy atom. The summed E-state index contributed by atoms with van der Waals surface area (Å²) < 4.78 is 6.43. The molecule has 0 saturated heterocycles. The van der Waals surface area contributed by atoms with Crippen LogP contribution in [0.3, 0.4) is 0 Å². The van der Waals surface area contributed by atoms with Gasteiger partial charge in [0.1, 0.15) is 5.75 Å². The number of benzene rings is 2. The molecule has 0 spiro atoms. The molecule has 2 aromatic carbocycles. The fourth-order valence-electron chi connectivity index (χ4n) is 1.95. The first kappa shape index (κ1) is 13.1. The average Bonchev–Trinajstić information content (AvgIpc) is 2.39. The number of aryl methyl sites for hydroxylation is 1. The van der Waals surface area contributed by atoms with E-state index in [-0.39, 0.29) is 6.04 Å². The third-order valence-corrected chi connectivity index (χ3v) is 3.48. The molecule has 0 fully saturated rings. The third-order valence-electron chi connectivity index (χ3n) is 2.95. The molecule has 0 aliphatic heterocycles. The van der Waals surface area contributed by atoms with Crippen LogP contribution in [0.25, 0.3) is 0 Å². The molecular formula is C15H16BrNO. The van der Waals surface area contributed by atoms with E-state index in [1.54, 1.807) is 7.11 Å². The zero-order valence-electron chi connectivity index (χ0n) is 10.5. The lowest BCUT2D eigenvalue weighted by atomic mass is 9.97. The highest BCUT2D eigenvalue weighted by atomic mass is 79.9. The smallest absolute Gasteiger partial charge is 0.123 e. The lowest BCUT2D eigenvalue weighted by Crippen LogP contribution is -2.13. The maximum Gasteiger partial charge on any atom is 0.123 e. The molecule has 1 unspecified atom stereocenters. The lowest BCUT2D eigenvalue weighted by molar-refractivity contribution is 0.407. The maximum atomic E-state index is 6.32. The molecule has 0 saturated carbocycles. The van der Waals surface area contributed by atoms with Crippen LogP contribution in [0.2, 0.25) is 0 Å². The van der Waals surface area contributed by atoms with Gasteiger partial charge in [-0.15, -0.1) is 0 Å². The van der Waals surface area contributed by atoms with Crippen molar-refractivity contribution in [1.29, 1.82) is 0 Å². The van der Waals surface area contributed by atoms with Crippen molar-refractivity contribution >= 4 is 15.9 Å². The van der Waals surface area contributed by atoms with Crippen LogP contribution in [0.1, 0.15) is 22.7 Å². The van der Waals surface area contributed by atoms with Gasteiger partial charge in [-0.2, -0.15) is 0 Å². The number of halogens is 1. The summed E-state index contributed by atoms with van der Waals surface area (Å²) in [6, 6.07) is 13.9. The van der Waals surface area contributed by atoms with Gasteiger partial charge in [-0.25, -0.2) is 0 Å². The maximum absolute atomic E-state index is 6.32. The van der Waals surface area contributed by atoms with Gasteiger partial charge in [-0.3, -0.25) is 0 Å². The van der Waals surface area contributed by atoms with Crippen molar-refractivity contribution in [2.45, 2.75) is 13.0 Å². The van der Waals surface area contributed by atoms with Crippen LogP contribution in [-0.2, 0) is 0 Å². The number of rotatable bonds is 3. The van der Waals surface area contributed by atoms with Crippen LogP contribution in [0.4, 0.5) is 0 Å². The van der Waals surface area contributed by atoms with Gasteiger partial charge in [0.25, 0.3) is 0 Å². The Kier molecular flexibility index (Phi) is 4.04. The summed E-state index contributed by atoms with van der Waals surface area (Å²) in [7, 11) is 1.67. The minimum Gasteiger partial charge on any atom is -0.496 e. The highest BCUT2D eigenvalue weighted by Gasteiger charge is 2.14. The summed E-state index contributed by atoms with van der Waals surface area (Å²) in [5.74, 6) is 0.830. The van der Waals surface area contributed by atoms with Crippen LogP contribution in [-0.4, -0.2) is 7.11 Å². The fourth-order valence-corrected chi connectivity index (χ4v) is 2.21. The molecule has 0 aromatic heterocycles. The molecule has 94 valence electrons. The molecule has 0 aliphatic carbocycles. The van der Waals surface area contributed by atoms with Crippen LogP contribution in [0.15, 0.2) is 46.9 Å². The lowest BCUT2D eigenvalue weighted by Gasteiger charge is -2.17. The quantitative estimate of drug-likeness (QED) is 0.936. The molecule has 3 heteroatoms. The van der Waals surface area contributed by atoms with E-state index < -0.39 is 0 Å². The van der Waals surface area contributed by atoms with Crippen LogP contribution in [0.5, 0.6) is 5.75 Å². The molecule has 1 atom stereocenters. The monoisotopic (exact) mass is 305 g/mol.